The highest BCUT2D eigenvalue weighted by molar-refractivity contribution is 5.90. The largest absolute Gasteiger partial charge is 0.465 e. The highest BCUT2D eigenvalue weighted by Crippen LogP contribution is 2.12. The molecule has 0 spiro atoms. The van der Waals surface area contributed by atoms with Crippen molar-refractivity contribution in [1.82, 2.24) is 0 Å². The van der Waals surface area contributed by atoms with Gasteiger partial charge < -0.3 is 14.2 Å². The summed E-state index contributed by atoms with van der Waals surface area (Å²) >= 11 is 0. The summed E-state index contributed by atoms with van der Waals surface area (Å²) in [6.07, 6.45) is 4.99. The average molecular weight is 290 g/mol. The van der Waals surface area contributed by atoms with Gasteiger partial charge in [0, 0.05) is 12.7 Å². The Balaban J connectivity index is 1.82. The monoisotopic (exact) mass is 290 g/mol. The summed E-state index contributed by atoms with van der Waals surface area (Å²) in [4.78, 5) is 22.8. The molecular weight excluding hydrogens is 272 g/mol. The van der Waals surface area contributed by atoms with Gasteiger partial charge in [0.25, 0.3) is 0 Å². The average Bonchev–Trinajstić information content (AvgIpc) is 3.04. The van der Waals surface area contributed by atoms with E-state index in [1.165, 1.54) is 13.2 Å². The summed E-state index contributed by atoms with van der Waals surface area (Å²) in [5, 5.41) is 0. The van der Waals surface area contributed by atoms with E-state index in [2.05, 4.69) is 4.74 Å². The summed E-state index contributed by atoms with van der Waals surface area (Å²) < 4.78 is 15.1. The molecule has 0 amide bonds. The number of methoxy groups -OCH3 is 1. The lowest BCUT2D eigenvalue weighted by atomic mass is 10.1. The molecule has 1 aromatic rings. The predicted octanol–water partition coefficient (Wildman–Crippen LogP) is 2.21. The van der Waals surface area contributed by atoms with E-state index in [9.17, 15) is 9.59 Å². The van der Waals surface area contributed by atoms with Gasteiger partial charge in [0.2, 0.25) is 0 Å². The lowest BCUT2D eigenvalue weighted by Crippen LogP contribution is -2.16. The van der Waals surface area contributed by atoms with Crippen LogP contribution in [0.25, 0.3) is 6.08 Å². The molecule has 1 heterocycles. The molecule has 1 fully saturated rings. The smallest absolute Gasteiger partial charge is 0.337 e. The van der Waals surface area contributed by atoms with Crippen LogP contribution in [0.1, 0.15) is 28.8 Å². The fraction of sp³-hybridized carbons (Fsp3) is 0.375. The lowest BCUT2D eigenvalue weighted by molar-refractivity contribution is -0.140. The number of rotatable bonds is 5. The molecule has 112 valence electrons. The van der Waals surface area contributed by atoms with Crippen LogP contribution in [0.3, 0.4) is 0 Å². The van der Waals surface area contributed by atoms with Crippen molar-refractivity contribution in [2.24, 2.45) is 0 Å². The maximum Gasteiger partial charge on any atom is 0.337 e. The van der Waals surface area contributed by atoms with Gasteiger partial charge in [-0.3, -0.25) is 0 Å². The van der Waals surface area contributed by atoms with Crippen LogP contribution in [0.2, 0.25) is 0 Å². The van der Waals surface area contributed by atoms with Gasteiger partial charge >= 0.3 is 11.9 Å². The quantitative estimate of drug-likeness (QED) is 0.614. The van der Waals surface area contributed by atoms with Crippen molar-refractivity contribution in [3.05, 3.63) is 41.5 Å². The number of hydrogen-bond donors (Lipinski definition) is 0. The minimum Gasteiger partial charge on any atom is -0.465 e. The van der Waals surface area contributed by atoms with E-state index in [0.29, 0.717) is 12.2 Å². The molecule has 0 N–H and O–H groups in total. The number of hydrogen-bond acceptors (Lipinski definition) is 5. The Kier molecular flexibility index (Phi) is 5.51. The van der Waals surface area contributed by atoms with E-state index in [4.69, 9.17) is 9.47 Å². The molecule has 0 radical (unpaired) electrons. The fourth-order valence-electron chi connectivity index (χ4n) is 2.01. The van der Waals surface area contributed by atoms with Gasteiger partial charge in [-0.1, -0.05) is 12.1 Å². The van der Waals surface area contributed by atoms with Crippen LogP contribution in [0, 0.1) is 0 Å². The van der Waals surface area contributed by atoms with Gasteiger partial charge in [0.05, 0.1) is 18.8 Å². The summed E-state index contributed by atoms with van der Waals surface area (Å²) in [5.74, 6) is -0.788. The second-order valence-electron chi connectivity index (χ2n) is 4.71. The molecule has 1 aromatic carbocycles. The van der Waals surface area contributed by atoms with Crippen LogP contribution < -0.4 is 0 Å². The summed E-state index contributed by atoms with van der Waals surface area (Å²) in [5.41, 5.74) is 1.27. The van der Waals surface area contributed by atoms with Crippen LogP contribution in [0.15, 0.2) is 30.3 Å². The zero-order valence-electron chi connectivity index (χ0n) is 11.9. The molecule has 1 aliphatic heterocycles. The Morgan fingerprint density at radius 1 is 1.33 bits per heavy atom. The van der Waals surface area contributed by atoms with Crippen molar-refractivity contribution >= 4 is 18.0 Å². The summed E-state index contributed by atoms with van der Waals surface area (Å²) in [6, 6.07) is 6.75. The van der Waals surface area contributed by atoms with E-state index in [0.717, 1.165) is 25.0 Å². The normalized spacial score (nSPS) is 17.9. The molecule has 5 nitrogen and oxygen atoms in total. The Morgan fingerprint density at radius 3 is 2.71 bits per heavy atom. The van der Waals surface area contributed by atoms with E-state index < -0.39 is 5.97 Å². The van der Waals surface area contributed by atoms with Crippen molar-refractivity contribution in [3.8, 4) is 0 Å². The minimum atomic E-state index is -0.400. The maximum atomic E-state index is 11.6. The van der Waals surface area contributed by atoms with Crippen molar-refractivity contribution in [3.63, 3.8) is 0 Å². The topological polar surface area (TPSA) is 61.8 Å². The van der Waals surface area contributed by atoms with Gasteiger partial charge in [-0.25, -0.2) is 9.59 Å². The van der Waals surface area contributed by atoms with Gasteiger partial charge in [0.15, 0.2) is 0 Å². The van der Waals surface area contributed by atoms with Crippen molar-refractivity contribution in [2.75, 3.05) is 20.3 Å². The Hall–Kier alpha value is -2.14. The third-order valence-corrected chi connectivity index (χ3v) is 3.18. The first-order chi connectivity index (χ1) is 10.2. The van der Waals surface area contributed by atoms with Crippen molar-refractivity contribution in [2.45, 2.75) is 18.9 Å². The molecule has 1 atom stereocenters. The Bertz CT molecular complexity index is 512. The number of benzene rings is 1. The molecular formula is C16H18O5. The first kappa shape index (κ1) is 15.3. The molecule has 1 aliphatic rings. The van der Waals surface area contributed by atoms with Crippen molar-refractivity contribution < 1.29 is 23.8 Å². The second-order valence-corrected chi connectivity index (χ2v) is 4.71. The second kappa shape index (κ2) is 7.59. The SMILES string of the molecule is COC(=O)c1ccc(/C=C/C(=O)OCC2CCCO2)cc1. The van der Waals surface area contributed by atoms with Crippen LogP contribution in [0.4, 0.5) is 0 Å². The molecule has 21 heavy (non-hydrogen) atoms. The highest BCUT2D eigenvalue weighted by Gasteiger charge is 2.16. The maximum absolute atomic E-state index is 11.6. The molecule has 5 heteroatoms. The van der Waals surface area contributed by atoms with E-state index in [1.807, 2.05) is 0 Å². The highest BCUT2D eigenvalue weighted by atomic mass is 16.6. The molecule has 0 aliphatic carbocycles. The first-order valence-corrected chi connectivity index (χ1v) is 6.84. The standard InChI is InChI=1S/C16H18O5/c1-19-16(18)13-7-4-12(5-8-13)6-9-15(17)21-11-14-3-2-10-20-14/h4-9,14H,2-3,10-11H2,1H3/b9-6+. The molecule has 0 bridgehead atoms. The lowest BCUT2D eigenvalue weighted by Gasteiger charge is -2.08. The zero-order valence-corrected chi connectivity index (χ0v) is 11.9. The van der Waals surface area contributed by atoms with Gasteiger partial charge in [-0.2, -0.15) is 0 Å². The van der Waals surface area contributed by atoms with Crippen LogP contribution in [0.5, 0.6) is 0 Å². The fourth-order valence-corrected chi connectivity index (χ4v) is 2.01. The van der Waals surface area contributed by atoms with Crippen molar-refractivity contribution in [1.29, 1.82) is 0 Å². The third kappa shape index (κ3) is 4.72. The van der Waals surface area contributed by atoms with E-state index in [1.54, 1.807) is 30.3 Å². The molecule has 1 unspecified atom stereocenters. The molecule has 0 saturated carbocycles. The van der Waals surface area contributed by atoms with Crippen LogP contribution in [-0.2, 0) is 19.0 Å². The third-order valence-electron chi connectivity index (χ3n) is 3.18. The number of esters is 2. The number of carbonyl (C=O) groups excluding carboxylic acids is 2. The number of ether oxygens (including phenoxy) is 3. The van der Waals surface area contributed by atoms with Gasteiger partial charge in [-0.05, 0) is 36.6 Å². The molecule has 0 aromatic heterocycles. The minimum absolute atomic E-state index is 0.0293. The van der Waals surface area contributed by atoms with Crippen LogP contribution in [-0.4, -0.2) is 38.4 Å². The first-order valence-electron chi connectivity index (χ1n) is 6.84. The van der Waals surface area contributed by atoms with E-state index >= 15 is 0 Å². The van der Waals surface area contributed by atoms with Crippen LogP contribution >= 0.6 is 0 Å². The Morgan fingerprint density at radius 2 is 2.10 bits per heavy atom. The molecule has 2 rings (SSSR count). The molecule has 1 saturated heterocycles. The summed E-state index contributed by atoms with van der Waals surface area (Å²) in [6.45, 7) is 1.04. The number of carbonyl (C=O) groups is 2. The van der Waals surface area contributed by atoms with Gasteiger partial charge in [0.1, 0.15) is 6.61 Å². The van der Waals surface area contributed by atoms with E-state index in [-0.39, 0.29) is 12.1 Å². The Labute approximate surface area is 123 Å². The summed E-state index contributed by atoms with van der Waals surface area (Å²) in [7, 11) is 1.33. The predicted molar refractivity (Wildman–Crippen MR) is 76.7 cm³/mol. The zero-order chi connectivity index (χ0) is 15.1. The van der Waals surface area contributed by atoms with Gasteiger partial charge in [-0.15, -0.1) is 0 Å².